The van der Waals surface area contributed by atoms with E-state index in [1.165, 1.54) is 12.1 Å². The summed E-state index contributed by atoms with van der Waals surface area (Å²) in [6, 6.07) is 12.1. The normalized spacial score (nSPS) is 13.7. The molecule has 0 saturated carbocycles. The molecule has 0 unspecified atom stereocenters. The molecule has 0 atom stereocenters. The van der Waals surface area contributed by atoms with Crippen LogP contribution in [-0.4, -0.2) is 23.9 Å². The van der Waals surface area contributed by atoms with Crippen molar-refractivity contribution in [3.63, 3.8) is 0 Å². The Morgan fingerprint density at radius 2 is 1.96 bits per heavy atom. The highest BCUT2D eigenvalue weighted by molar-refractivity contribution is 6.08. The minimum atomic E-state index is -0.470. The van der Waals surface area contributed by atoms with E-state index in [9.17, 15) is 14.9 Å². The van der Waals surface area contributed by atoms with Crippen molar-refractivity contribution in [1.82, 2.24) is 0 Å². The summed E-state index contributed by atoms with van der Waals surface area (Å²) in [5.74, 6) is -0.321. The summed E-state index contributed by atoms with van der Waals surface area (Å²) in [7, 11) is 0. The summed E-state index contributed by atoms with van der Waals surface area (Å²) < 4.78 is 0. The lowest BCUT2D eigenvalue weighted by molar-refractivity contribution is -0.384. The minimum absolute atomic E-state index is 0.0737. The topological polar surface area (TPSA) is 75.5 Å². The molecule has 0 aromatic heterocycles. The maximum absolute atomic E-state index is 12.8. The first-order valence-electron chi connectivity index (χ1n) is 8.52. The Kier molecular flexibility index (Phi) is 4.97. The van der Waals surface area contributed by atoms with E-state index in [1.807, 2.05) is 31.2 Å². The SMILES string of the molecule is CCc1cccc(NC(=O)c2cc([N+](=O)[O-])ccc2N2CCCC2)c1. The first-order chi connectivity index (χ1) is 12.1. The van der Waals surface area contributed by atoms with Crippen molar-refractivity contribution < 1.29 is 9.72 Å². The van der Waals surface area contributed by atoms with Gasteiger partial charge in [0.2, 0.25) is 0 Å². The van der Waals surface area contributed by atoms with E-state index in [0.29, 0.717) is 11.3 Å². The molecule has 1 fully saturated rings. The number of non-ortho nitro benzene ring substituents is 1. The number of benzene rings is 2. The highest BCUT2D eigenvalue weighted by Gasteiger charge is 2.22. The van der Waals surface area contributed by atoms with E-state index in [0.717, 1.165) is 43.6 Å². The Morgan fingerprint density at radius 3 is 2.64 bits per heavy atom. The fourth-order valence-corrected chi connectivity index (χ4v) is 3.12. The number of nitrogens with one attached hydrogen (secondary N) is 1. The molecule has 0 bridgehead atoms. The second-order valence-electron chi connectivity index (χ2n) is 6.16. The second kappa shape index (κ2) is 7.34. The van der Waals surface area contributed by atoms with Gasteiger partial charge in [0.25, 0.3) is 11.6 Å². The van der Waals surface area contributed by atoms with Gasteiger partial charge >= 0.3 is 0 Å². The Labute approximate surface area is 146 Å². The predicted octanol–water partition coefficient (Wildman–Crippen LogP) is 4.01. The number of hydrogen-bond acceptors (Lipinski definition) is 4. The van der Waals surface area contributed by atoms with Crippen molar-refractivity contribution in [2.75, 3.05) is 23.3 Å². The quantitative estimate of drug-likeness (QED) is 0.660. The van der Waals surface area contributed by atoms with Gasteiger partial charge in [0, 0.05) is 30.9 Å². The summed E-state index contributed by atoms with van der Waals surface area (Å²) in [4.78, 5) is 25.6. The molecular formula is C19H21N3O3. The van der Waals surface area contributed by atoms with E-state index in [4.69, 9.17) is 0 Å². The molecule has 25 heavy (non-hydrogen) atoms. The number of carbonyl (C=O) groups excluding carboxylic acids is 1. The van der Waals surface area contributed by atoms with Crippen LogP contribution in [-0.2, 0) is 6.42 Å². The van der Waals surface area contributed by atoms with E-state index in [1.54, 1.807) is 6.07 Å². The van der Waals surface area contributed by atoms with Gasteiger partial charge in [0.1, 0.15) is 0 Å². The van der Waals surface area contributed by atoms with Crippen molar-refractivity contribution in [2.24, 2.45) is 0 Å². The van der Waals surface area contributed by atoms with Crippen LogP contribution < -0.4 is 10.2 Å². The fourth-order valence-electron chi connectivity index (χ4n) is 3.12. The maximum Gasteiger partial charge on any atom is 0.270 e. The largest absolute Gasteiger partial charge is 0.371 e. The van der Waals surface area contributed by atoms with Crippen LogP contribution in [0.5, 0.6) is 0 Å². The molecule has 1 aliphatic rings. The molecule has 1 aliphatic heterocycles. The highest BCUT2D eigenvalue weighted by Crippen LogP contribution is 2.29. The molecular weight excluding hydrogens is 318 g/mol. The first-order valence-corrected chi connectivity index (χ1v) is 8.52. The van der Waals surface area contributed by atoms with Gasteiger partial charge < -0.3 is 10.2 Å². The number of nitro groups is 1. The molecule has 0 spiro atoms. The molecule has 130 valence electrons. The van der Waals surface area contributed by atoms with Gasteiger partial charge in [-0.05, 0) is 43.0 Å². The van der Waals surface area contributed by atoms with Crippen LogP contribution in [0.3, 0.4) is 0 Å². The number of rotatable bonds is 5. The third-order valence-electron chi connectivity index (χ3n) is 4.48. The summed E-state index contributed by atoms with van der Waals surface area (Å²) in [5.41, 5.74) is 2.85. The Morgan fingerprint density at radius 1 is 1.20 bits per heavy atom. The standard InChI is InChI=1S/C19H21N3O3/c1-2-14-6-5-7-15(12-14)20-19(23)17-13-16(22(24)25)8-9-18(17)21-10-3-4-11-21/h5-9,12-13H,2-4,10-11H2,1H3,(H,20,23). The van der Waals surface area contributed by atoms with E-state index in [-0.39, 0.29) is 11.6 Å². The molecule has 2 aromatic rings. The smallest absolute Gasteiger partial charge is 0.270 e. The second-order valence-corrected chi connectivity index (χ2v) is 6.16. The van der Waals surface area contributed by atoms with Crippen molar-refractivity contribution in [2.45, 2.75) is 26.2 Å². The van der Waals surface area contributed by atoms with Gasteiger partial charge in [0.15, 0.2) is 0 Å². The minimum Gasteiger partial charge on any atom is -0.371 e. The summed E-state index contributed by atoms with van der Waals surface area (Å²) in [6.07, 6.45) is 3.01. The van der Waals surface area contributed by atoms with Gasteiger partial charge in [-0.25, -0.2) is 0 Å². The zero-order valence-corrected chi connectivity index (χ0v) is 14.2. The van der Waals surface area contributed by atoms with Crippen LogP contribution in [0.25, 0.3) is 0 Å². The lowest BCUT2D eigenvalue weighted by atomic mass is 10.1. The van der Waals surface area contributed by atoms with Crippen molar-refractivity contribution in [1.29, 1.82) is 0 Å². The molecule has 1 N–H and O–H groups in total. The molecule has 6 heteroatoms. The molecule has 1 saturated heterocycles. The third kappa shape index (κ3) is 3.79. The number of hydrogen-bond donors (Lipinski definition) is 1. The number of aryl methyl sites for hydroxylation is 1. The van der Waals surface area contributed by atoms with Crippen LogP contribution in [0.2, 0.25) is 0 Å². The molecule has 0 aliphatic carbocycles. The lowest BCUT2D eigenvalue weighted by Gasteiger charge is -2.21. The monoisotopic (exact) mass is 339 g/mol. The summed E-state index contributed by atoms with van der Waals surface area (Å²) in [5, 5.41) is 14.0. The van der Waals surface area contributed by atoms with Crippen LogP contribution in [0.1, 0.15) is 35.7 Å². The van der Waals surface area contributed by atoms with Gasteiger partial charge in [-0.1, -0.05) is 19.1 Å². The number of nitrogens with zero attached hydrogens (tertiary/aromatic N) is 2. The molecule has 3 rings (SSSR count). The number of anilines is 2. The zero-order chi connectivity index (χ0) is 17.8. The zero-order valence-electron chi connectivity index (χ0n) is 14.2. The summed E-state index contributed by atoms with van der Waals surface area (Å²) >= 11 is 0. The lowest BCUT2D eigenvalue weighted by Crippen LogP contribution is -2.23. The third-order valence-corrected chi connectivity index (χ3v) is 4.48. The molecule has 2 aromatic carbocycles. The average molecular weight is 339 g/mol. The molecule has 0 radical (unpaired) electrons. The first kappa shape index (κ1) is 17.0. The van der Waals surface area contributed by atoms with Crippen LogP contribution in [0.4, 0.5) is 17.1 Å². The Hall–Kier alpha value is -2.89. The van der Waals surface area contributed by atoms with Gasteiger partial charge in [0.05, 0.1) is 16.2 Å². The Balaban J connectivity index is 1.93. The van der Waals surface area contributed by atoms with Gasteiger partial charge in [-0.3, -0.25) is 14.9 Å². The molecule has 6 nitrogen and oxygen atoms in total. The van der Waals surface area contributed by atoms with Crippen LogP contribution in [0.15, 0.2) is 42.5 Å². The van der Waals surface area contributed by atoms with Crippen molar-refractivity contribution >= 4 is 23.0 Å². The highest BCUT2D eigenvalue weighted by atomic mass is 16.6. The number of carbonyl (C=O) groups is 1. The van der Waals surface area contributed by atoms with Gasteiger partial charge in [-0.2, -0.15) is 0 Å². The van der Waals surface area contributed by atoms with Crippen molar-refractivity contribution in [3.8, 4) is 0 Å². The average Bonchev–Trinajstić information content (AvgIpc) is 3.15. The predicted molar refractivity (Wildman–Crippen MR) is 98.3 cm³/mol. The number of nitro benzene ring substituents is 1. The molecule has 1 heterocycles. The number of amides is 1. The van der Waals surface area contributed by atoms with E-state index in [2.05, 4.69) is 10.2 Å². The van der Waals surface area contributed by atoms with Crippen LogP contribution in [0, 0.1) is 10.1 Å². The van der Waals surface area contributed by atoms with Crippen LogP contribution >= 0.6 is 0 Å². The van der Waals surface area contributed by atoms with Gasteiger partial charge in [-0.15, -0.1) is 0 Å². The summed E-state index contributed by atoms with van der Waals surface area (Å²) in [6.45, 7) is 3.78. The fraction of sp³-hybridized carbons (Fsp3) is 0.316. The maximum atomic E-state index is 12.8. The Bertz CT molecular complexity index is 798. The van der Waals surface area contributed by atoms with E-state index < -0.39 is 4.92 Å². The van der Waals surface area contributed by atoms with E-state index >= 15 is 0 Å². The molecule has 1 amide bonds. The van der Waals surface area contributed by atoms with Crippen molar-refractivity contribution in [3.05, 3.63) is 63.7 Å².